The van der Waals surface area contributed by atoms with E-state index in [0.717, 1.165) is 6.42 Å². The van der Waals surface area contributed by atoms with Crippen molar-refractivity contribution in [1.82, 2.24) is 4.90 Å². The summed E-state index contributed by atoms with van der Waals surface area (Å²) in [4.78, 5) is 24.6. The number of carbonyl (C=O) groups is 2. The van der Waals surface area contributed by atoms with Gasteiger partial charge in [-0.3, -0.25) is 4.79 Å². The molecule has 2 saturated heterocycles. The van der Waals surface area contributed by atoms with Crippen LogP contribution in [0.2, 0.25) is 0 Å². The molecule has 2 rings (SSSR count). The number of hydrogen-bond acceptors (Lipinski definition) is 4. The lowest BCUT2D eigenvalue weighted by Gasteiger charge is -2.20. The number of rotatable bonds is 4. The van der Waals surface area contributed by atoms with Crippen LogP contribution >= 0.6 is 0 Å². The molecule has 2 heterocycles. The smallest absolute Gasteiger partial charge is 0.332 e. The van der Waals surface area contributed by atoms with E-state index < -0.39 is 18.2 Å². The van der Waals surface area contributed by atoms with Gasteiger partial charge in [-0.25, -0.2) is 4.79 Å². The molecule has 2 aliphatic rings. The number of nitrogens with zero attached hydrogens (tertiary/aromatic N) is 1. The summed E-state index contributed by atoms with van der Waals surface area (Å²) in [5.74, 6) is -0.736. The van der Waals surface area contributed by atoms with Crippen molar-refractivity contribution in [3.8, 4) is 0 Å². The predicted molar refractivity (Wildman–Crippen MR) is 61.9 cm³/mol. The van der Waals surface area contributed by atoms with E-state index in [9.17, 15) is 9.59 Å². The van der Waals surface area contributed by atoms with Crippen LogP contribution in [0.1, 0.15) is 25.7 Å². The molecular weight excluding hydrogens is 238 g/mol. The van der Waals surface area contributed by atoms with E-state index in [0.29, 0.717) is 38.3 Å². The molecule has 6 heteroatoms. The first kappa shape index (κ1) is 13.3. The van der Waals surface area contributed by atoms with E-state index >= 15 is 0 Å². The van der Waals surface area contributed by atoms with Crippen LogP contribution in [-0.4, -0.2) is 58.9 Å². The minimum absolute atomic E-state index is 0.0980. The van der Waals surface area contributed by atoms with Gasteiger partial charge in [0.05, 0.1) is 0 Å². The normalized spacial score (nSPS) is 31.8. The van der Waals surface area contributed by atoms with E-state index in [2.05, 4.69) is 0 Å². The number of aliphatic carboxylic acids is 1. The second-order valence-corrected chi connectivity index (χ2v) is 4.98. The Labute approximate surface area is 106 Å². The Morgan fingerprint density at radius 2 is 1.94 bits per heavy atom. The van der Waals surface area contributed by atoms with Crippen molar-refractivity contribution in [3.05, 3.63) is 0 Å². The summed E-state index contributed by atoms with van der Waals surface area (Å²) in [5.41, 5.74) is 0. The van der Waals surface area contributed by atoms with Gasteiger partial charge in [0.15, 0.2) is 6.10 Å². The van der Waals surface area contributed by atoms with Gasteiger partial charge in [-0.2, -0.15) is 0 Å². The van der Waals surface area contributed by atoms with E-state index in [1.165, 1.54) is 0 Å². The van der Waals surface area contributed by atoms with Gasteiger partial charge in [-0.1, -0.05) is 0 Å². The lowest BCUT2D eigenvalue weighted by atomic mass is 10.1. The molecule has 1 unspecified atom stereocenters. The highest BCUT2D eigenvalue weighted by atomic mass is 16.5. The van der Waals surface area contributed by atoms with Gasteiger partial charge >= 0.3 is 5.97 Å². The molecule has 6 nitrogen and oxygen atoms in total. The Balaban J connectivity index is 1.84. The third-order valence-corrected chi connectivity index (χ3v) is 3.71. The van der Waals surface area contributed by atoms with E-state index in [-0.39, 0.29) is 12.5 Å². The number of aliphatic hydroxyl groups is 1. The zero-order chi connectivity index (χ0) is 13.1. The second kappa shape index (κ2) is 5.67. The number of likely N-dealkylation sites (tertiary alicyclic amines) is 1. The SMILES string of the molecule is O=C(O)[C@H]1CC[C@@H](C(=O)N2CCC(CCO)C2)O1. The van der Waals surface area contributed by atoms with Crippen molar-refractivity contribution >= 4 is 11.9 Å². The number of ether oxygens (including phenoxy) is 1. The van der Waals surface area contributed by atoms with Gasteiger partial charge < -0.3 is 19.8 Å². The molecule has 102 valence electrons. The van der Waals surface area contributed by atoms with Crippen molar-refractivity contribution < 1.29 is 24.5 Å². The predicted octanol–water partition coefficient (Wildman–Crippen LogP) is -0.151. The van der Waals surface area contributed by atoms with Crippen molar-refractivity contribution in [2.24, 2.45) is 5.92 Å². The summed E-state index contributed by atoms with van der Waals surface area (Å²) >= 11 is 0. The van der Waals surface area contributed by atoms with Gasteiger partial charge in [0, 0.05) is 19.7 Å². The number of carboxylic acids is 1. The molecule has 0 aromatic carbocycles. The molecule has 0 aromatic heterocycles. The van der Waals surface area contributed by atoms with Gasteiger partial charge in [-0.15, -0.1) is 0 Å². The van der Waals surface area contributed by atoms with Crippen LogP contribution in [0.15, 0.2) is 0 Å². The van der Waals surface area contributed by atoms with Crippen molar-refractivity contribution in [1.29, 1.82) is 0 Å². The molecule has 2 N–H and O–H groups in total. The maximum absolute atomic E-state index is 12.1. The van der Waals surface area contributed by atoms with Crippen molar-refractivity contribution in [3.63, 3.8) is 0 Å². The van der Waals surface area contributed by atoms with Crippen LogP contribution in [0.25, 0.3) is 0 Å². The highest BCUT2D eigenvalue weighted by Crippen LogP contribution is 2.25. The largest absolute Gasteiger partial charge is 0.479 e. The Bertz CT molecular complexity index is 332. The number of carbonyl (C=O) groups excluding carboxylic acids is 1. The molecule has 0 aliphatic carbocycles. The number of carboxylic acid groups (broad SMARTS) is 1. The van der Waals surface area contributed by atoms with E-state index in [1.807, 2.05) is 0 Å². The fraction of sp³-hybridized carbons (Fsp3) is 0.833. The Hall–Kier alpha value is -1.14. The van der Waals surface area contributed by atoms with Gasteiger partial charge in [-0.05, 0) is 31.6 Å². The Morgan fingerprint density at radius 3 is 2.56 bits per heavy atom. The van der Waals surface area contributed by atoms with Gasteiger partial charge in [0.2, 0.25) is 0 Å². The first-order valence-electron chi connectivity index (χ1n) is 6.39. The lowest BCUT2D eigenvalue weighted by molar-refractivity contribution is -0.154. The molecule has 2 aliphatic heterocycles. The standard InChI is InChI=1S/C12H19NO5/c14-6-4-8-3-5-13(7-8)11(15)9-1-2-10(18-9)12(16)17/h8-10,14H,1-7H2,(H,16,17)/t8?,9-,10+/m0/s1. The first-order chi connectivity index (χ1) is 8.61. The third-order valence-electron chi connectivity index (χ3n) is 3.71. The zero-order valence-corrected chi connectivity index (χ0v) is 10.2. The lowest BCUT2D eigenvalue weighted by Crippen LogP contribution is -2.38. The third kappa shape index (κ3) is 2.81. The van der Waals surface area contributed by atoms with Crippen molar-refractivity contribution in [2.45, 2.75) is 37.9 Å². The number of aliphatic hydroxyl groups excluding tert-OH is 1. The van der Waals surface area contributed by atoms with Crippen molar-refractivity contribution in [2.75, 3.05) is 19.7 Å². The molecule has 1 amide bonds. The number of hydrogen-bond donors (Lipinski definition) is 2. The molecular formula is C12H19NO5. The minimum Gasteiger partial charge on any atom is -0.479 e. The van der Waals surface area contributed by atoms with Crippen LogP contribution in [0, 0.1) is 5.92 Å². The van der Waals surface area contributed by atoms with E-state index in [4.69, 9.17) is 14.9 Å². The zero-order valence-electron chi connectivity index (χ0n) is 10.2. The van der Waals surface area contributed by atoms with Gasteiger partial charge in [0.25, 0.3) is 5.91 Å². The average Bonchev–Trinajstić information content (AvgIpc) is 2.97. The average molecular weight is 257 g/mol. The fourth-order valence-electron chi connectivity index (χ4n) is 2.66. The summed E-state index contributed by atoms with van der Waals surface area (Å²) < 4.78 is 5.25. The maximum atomic E-state index is 12.1. The highest BCUT2D eigenvalue weighted by molar-refractivity contribution is 5.83. The van der Waals surface area contributed by atoms with Gasteiger partial charge in [0.1, 0.15) is 6.10 Å². The molecule has 18 heavy (non-hydrogen) atoms. The second-order valence-electron chi connectivity index (χ2n) is 4.98. The van der Waals surface area contributed by atoms with Crippen LogP contribution < -0.4 is 0 Å². The maximum Gasteiger partial charge on any atom is 0.332 e. The van der Waals surface area contributed by atoms with Crippen LogP contribution in [0.4, 0.5) is 0 Å². The van der Waals surface area contributed by atoms with Crippen LogP contribution in [-0.2, 0) is 14.3 Å². The number of amides is 1. The summed E-state index contributed by atoms with van der Waals surface area (Å²) in [6.07, 6.45) is 1.07. The fourth-order valence-corrected chi connectivity index (χ4v) is 2.66. The molecule has 0 radical (unpaired) electrons. The van der Waals surface area contributed by atoms with Crippen LogP contribution in [0.5, 0.6) is 0 Å². The summed E-state index contributed by atoms with van der Waals surface area (Å²) in [6.45, 7) is 1.48. The Kier molecular flexibility index (Phi) is 4.19. The molecule has 0 aromatic rings. The molecule has 0 bridgehead atoms. The molecule has 2 fully saturated rings. The molecule has 0 saturated carbocycles. The van der Waals surface area contributed by atoms with Crippen LogP contribution in [0.3, 0.4) is 0 Å². The highest BCUT2D eigenvalue weighted by Gasteiger charge is 2.38. The monoisotopic (exact) mass is 257 g/mol. The Morgan fingerprint density at radius 1 is 1.22 bits per heavy atom. The van der Waals surface area contributed by atoms with E-state index in [1.54, 1.807) is 4.90 Å². The summed E-state index contributed by atoms with van der Waals surface area (Å²) in [5, 5.41) is 17.7. The first-order valence-corrected chi connectivity index (χ1v) is 6.39. The quantitative estimate of drug-likeness (QED) is 0.731. The molecule has 0 spiro atoms. The summed E-state index contributed by atoms with van der Waals surface area (Å²) in [6, 6.07) is 0. The topological polar surface area (TPSA) is 87.1 Å². The minimum atomic E-state index is -0.995. The summed E-state index contributed by atoms with van der Waals surface area (Å²) in [7, 11) is 0. The molecule has 3 atom stereocenters.